The number of carbonyl (C=O) groups is 2. The Kier molecular flexibility index (Phi) is 21.9. The van der Waals surface area contributed by atoms with Crippen molar-refractivity contribution in [3.8, 4) is 0 Å². The predicted octanol–water partition coefficient (Wildman–Crippen LogP) is 4.59. The fourth-order valence-corrected chi connectivity index (χ4v) is 2.61. The molecular weight excluding hydrogens is 316 g/mol. The van der Waals surface area contributed by atoms with E-state index in [4.69, 9.17) is 10.8 Å². The average molecular weight is 359 g/mol. The van der Waals surface area contributed by atoms with Gasteiger partial charge in [-0.3, -0.25) is 14.5 Å². The largest absolute Gasteiger partial charge is 0.481 e. The van der Waals surface area contributed by atoms with Crippen LogP contribution in [0.1, 0.15) is 97.8 Å². The van der Waals surface area contributed by atoms with Crippen molar-refractivity contribution in [1.29, 1.82) is 0 Å². The number of hydrogen-bond donors (Lipinski definition) is 2. The molecule has 0 saturated heterocycles. The summed E-state index contributed by atoms with van der Waals surface area (Å²) in [4.78, 5) is 22.5. The molecule has 1 amide bonds. The lowest BCUT2D eigenvalue weighted by molar-refractivity contribution is -0.137. The Bertz CT molecular complexity index is 305. The molecule has 0 saturated carbocycles. The summed E-state index contributed by atoms with van der Waals surface area (Å²) in [6.45, 7) is 8.42. The van der Waals surface area contributed by atoms with Crippen molar-refractivity contribution in [2.75, 3.05) is 19.6 Å². The van der Waals surface area contributed by atoms with Crippen LogP contribution in [0.5, 0.6) is 0 Å². The molecule has 0 aromatic heterocycles. The fourth-order valence-electron chi connectivity index (χ4n) is 2.61. The van der Waals surface area contributed by atoms with Crippen LogP contribution in [0, 0.1) is 0 Å². The van der Waals surface area contributed by atoms with Gasteiger partial charge in [0, 0.05) is 6.42 Å². The predicted molar refractivity (Wildman–Crippen MR) is 106 cm³/mol. The number of aliphatic carboxylic acids is 1. The minimum Gasteiger partial charge on any atom is -0.481 e. The number of nitrogens with two attached hydrogens (primary N) is 1. The minimum absolute atomic E-state index is 0.251. The zero-order valence-electron chi connectivity index (χ0n) is 16.9. The van der Waals surface area contributed by atoms with E-state index in [2.05, 4.69) is 6.92 Å². The number of hydrogen-bond acceptors (Lipinski definition) is 3. The fraction of sp³-hybridized carbons (Fsp3) is 0.900. The third-order valence-electron chi connectivity index (χ3n) is 4.27. The molecule has 0 aromatic carbocycles. The molecule has 5 heteroatoms. The molecule has 0 radical (unpaired) electrons. The molecule has 0 spiro atoms. The lowest BCUT2D eigenvalue weighted by atomic mass is 10.1. The summed E-state index contributed by atoms with van der Waals surface area (Å²) in [5.74, 6) is -0.908. The molecule has 3 N–H and O–H groups in total. The van der Waals surface area contributed by atoms with Crippen molar-refractivity contribution in [3.63, 3.8) is 0 Å². The molecule has 25 heavy (non-hydrogen) atoms. The number of carboxylic acids is 1. The number of likely N-dealkylation sites (N-methyl/N-ethyl adjacent to an activating group) is 1. The molecule has 0 rings (SSSR count). The van der Waals surface area contributed by atoms with Crippen molar-refractivity contribution in [2.45, 2.75) is 97.8 Å². The first-order chi connectivity index (χ1) is 12.0. The molecule has 0 aliphatic carbocycles. The summed E-state index contributed by atoms with van der Waals surface area (Å²) >= 11 is 0. The first kappa shape index (κ1) is 26.1. The lowest BCUT2D eigenvalue weighted by Crippen LogP contribution is -2.33. The summed E-state index contributed by atoms with van der Waals surface area (Å²) < 4.78 is 0. The van der Waals surface area contributed by atoms with E-state index in [-0.39, 0.29) is 5.91 Å². The standard InChI is InChI=1S/C14H28O2.C6H14N2O/c1-2-3-4-5-6-7-8-9-10-11-12-13-14(15)16;1-3-8(4-2)5-6(7)9/h2-13H2,1H3,(H,15,16);3-5H2,1-2H3,(H2,7,9). The molecule has 0 aliphatic rings. The van der Waals surface area contributed by atoms with Crippen LogP contribution in [0.4, 0.5) is 0 Å². The van der Waals surface area contributed by atoms with Gasteiger partial charge in [-0.1, -0.05) is 85.0 Å². The van der Waals surface area contributed by atoms with Gasteiger partial charge in [0.05, 0.1) is 6.54 Å². The van der Waals surface area contributed by atoms with Gasteiger partial charge < -0.3 is 10.8 Å². The Morgan fingerprint density at radius 3 is 1.44 bits per heavy atom. The first-order valence-corrected chi connectivity index (χ1v) is 10.2. The summed E-state index contributed by atoms with van der Waals surface area (Å²) in [6.07, 6.45) is 14.4. The smallest absolute Gasteiger partial charge is 0.303 e. The van der Waals surface area contributed by atoms with Crippen molar-refractivity contribution in [2.24, 2.45) is 5.73 Å². The van der Waals surface area contributed by atoms with Gasteiger partial charge in [0.2, 0.25) is 5.91 Å². The number of rotatable bonds is 16. The molecule has 0 atom stereocenters. The third-order valence-corrected chi connectivity index (χ3v) is 4.27. The van der Waals surface area contributed by atoms with E-state index in [1.165, 1.54) is 57.8 Å². The Balaban J connectivity index is 0. The van der Waals surface area contributed by atoms with Crippen LogP contribution >= 0.6 is 0 Å². The van der Waals surface area contributed by atoms with E-state index < -0.39 is 5.97 Å². The molecule has 0 unspecified atom stereocenters. The third kappa shape index (κ3) is 25.3. The molecular formula is C20H42N2O3. The summed E-state index contributed by atoms with van der Waals surface area (Å²) in [5, 5.41) is 8.46. The topological polar surface area (TPSA) is 83.6 Å². The normalized spacial score (nSPS) is 10.4. The van der Waals surface area contributed by atoms with E-state index in [1.54, 1.807) is 0 Å². The van der Waals surface area contributed by atoms with Gasteiger partial charge in [0.25, 0.3) is 0 Å². The van der Waals surface area contributed by atoms with Gasteiger partial charge in [0.1, 0.15) is 0 Å². The average Bonchev–Trinajstić information content (AvgIpc) is 2.57. The van der Waals surface area contributed by atoms with Gasteiger partial charge in [-0.15, -0.1) is 0 Å². The molecule has 0 bridgehead atoms. The maximum absolute atomic E-state index is 10.3. The monoisotopic (exact) mass is 358 g/mol. The number of carbonyl (C=O) groups excluding carboxylic acids is 1. The summed E-state index contributed by atoms with van der Waals surface area (Å²) in [7, 11) is 0. The number of carboxylic acid groups (broad SMARTS) is 1. The summed E-state index contributed by atoms with van der Waals surface area (Å²) in [5.41, 5.74) is 4.96. The molecule has 0 aliphatic heterocycles. The molecule has 5 nitrogen and oxygen atoms in total. The Morgan fingerprint density at radius 2 is 1.16 bits per heavy atom. The number of primary amides is 1. The SMILES string of the molecule is CCCCCCCCCCCCCC(=O)O.CCN(CC)CC(N)=O. The Morgan fingerprint density at radius 1 is 0.760 bits per heavy atom. The van der Waals surface area contributed by atoms with E-state index in [0.717, 1.165) is 25.9 Å². The van der Waals surface area contributed by atoms with Crippen LogP contribution in [0.2, 0.25) is 0 Å². The van der Waals surface area contributed by atoms with Gasteiger partial charge in [-0.25, -0.2) is 0 Å². The van der Waals surface area contributed by atoms with Crippen molar-refractivity contribution < 1.29 is 14.7 Å². The minimum atomic E-state index is -0.657. The van der Waals surface area contributed by atoms with E-state index in [9.17, 15) is 9.59 Å². The highest BCUT2D eigenvalue weighted by Gasteiger charge is 2.00. The molecule has 0 aromatic rings. The first-order valence-electron chi connectivity index (χ1n) is 10.2. The summed E-state index contributed by atoms with van der Waals surface area (Å²) in [6, 6.07) is 0. The van der Waals surface area contributed by atoms with Crippen LogP contribution in [-0.4, -0.2) is 41.5 Å². The number of amides is 1. The molecule has 150 valence electrons. The molecule has 0 heterocycles. The quantitative estimate of drug-likeness (QED) is 0.395. The lowest BCUT2D eigenvalue weighted by Gasteiger charge is -2.14. The van der Waals surface area contributed by atoms with E-state index in [1.807, 2.05) is 18.7 Å². The Labute approximate surface area is 155 Å². The van der Waals surface area contributed by atoms with Gasteiger partial charge >= 0.3 is 5.97 Å². The highest BCUT2D eigenvalue weighted by atomic mass is 16.4. The number of unbranched alkanes of at least 4 members (excludes halogenated alkanes) is 10. The zero-order chi connectivity index (χ0) is 19.3. The van der Waals surface area contributed by atoms with Gasteiger partial charge in [-0.2, -0.15) is 0 Å². The highest BCUT2D eigenvalue weighted by molar-refractivity contribution is 5.75. The van der Waals surface area contributed by atoms with Crippen LogP contribution < -0.4 is 5.73 Å². The van der Waals surface area contributed by atoms with Crippen LogP contribution in [0.3, 0.4) is 0 Å². The van der Waals surface area contributed by atoms with E-state index in [0.29, 0.717) is 13.0 Å². The second kappa shape index (κ2) is 20.9. The van der Waals surface area contributed by atoms with Gasteiger partial charge in [-0.05, 0) is 19.5 Å². The van der Waals surface area contributed by atoms with Crippen LogP contribution in [0.25, 0.3) is 0 Å². The maximum atomic E-state index is 10.3. The van der Waals surface area contributed by atoms with Crippen molar-refractivity contribution in [3.05, 3.63) is 0 Å². The maximum Gasteiger partial charge on any atom is 0.303 e. The van der Waals surface area contributed by atoms with Gasteiger partial charge in [0.15, 0.2) is 0 Å². The molecule has 0 fully saturated rings. The second-order valence-corrected chi connectivity index (χ2v) is 6.61. The highest BCUT2D eigenvalue weighted by Crippen LogP contribution is 2.11. The van der Waals surface area contributed by atoms with Crippen molar-refractivity contribution >= 4 is 11.9 Å². The zero-order valence-corrected chi connectivity index (χ0v) is 16.9. The van der Waals surface area contributed by atoms with Crippen LogP contribution in [-0.2, 0) is 9.59 Å². The number of nitrogens with zero attached hydrogens (tertiary/aromatic N) is 1. The van der Waals surface area contributed by atoms with E-state index >= 15 is 0 Å². The Hall–Kier alpha value is -1.10. The van der Waals surface area contributed by atoms with Crippen LogP contribution in [0.15, 0.2) is 0 Å². The second-order valence-electron chi connectivity index (χ2n) is 6.61. The van der Waals surface area contributed by atoms with Crippen molar-refractivity contribution in [1.82, 2.24) is 4.90 Å².